The van der Waals surface area contributed by atoms with Gasteiger partial charge in [-0.1, -0.05) is 145 Å². The predicted molar refractivity (Wildman–Crippen MR) is 225 cm³/mol. The fourth-order valence-electron chi connectivity index (χ4n) is 9.20. The molecule has 0 spiro atoms. The molecule has 2 aliphatic heterocycles. The molecule has 0 saturated carbocycles. The van der Waals surface area contributed by atoms with Gasteiger partial charge in [0.15, 0.2) is 0 Å². The Morgan fingerprint density at radius 2 is 0.923 bits per heavy atom. The number of benzene rings is 9. The molecule has 2 heteroatoms. The zero-order chi connectivity index (χ0) is 33.9. The molecule has 52 heavy (non-hydrogen) atoms. The van der Waals surface area contributed by atoms with Crippen LogP contribution in [0.25, 0.3) is 87.3 Å². The molecule has 0 N–H and O–H groups in total. The quantitative estimate of drug-likeness (QED) is 0.165. The second-order valence-corrected chi connectivity index (χ2v) is 16.4. The van der Waals surface area contributed by atoms with Crippen molar-refractivity contribution in [3.05, 3.63) is 174 Å². The lowest BCUT2D eigenvalue weighted by Gasteiger charge is -2.30. The molecule has 1 aliphatic carbocycles. The smallest absolute Gasteiger partial charge is 0.0208 e. The summed E-state index contributed by atoms with van der Waals surface area (Å²) in [5.74, 6) is 0. The molecule has 3 aliphatic rings. The standard InChI is InChI=1S/C50H30S2/c1-3-11-33-29(9-1)25-43(37-15-7-5-13-35(33)37)31-17-19-39-41-21-22-42-40-20-18-32(44-26-30-10-2-4-12-34(30)36-14-6-8-16-38(36)44)28-48(40)52-46-24-23-45(49(41)50(42)46)51-47(39)27-31/h1-17,19,21-28H,18,20H2. The highest BCUT2D eigenvalue weighted by Gasteiger charge is 2.29. The Kier molecular flexibility index (Phi) is 6.14. The molecule has 9 aromatic rings. The number of thioether (sulfide) groups is 1. The van der Waals surface area contributed by atoms with E-state index in [1.165, 1.54) is 118 Å². The summed E-state index contributed by atoms with van der Waals surface area (Å²) in [4.78, 5) is 5.48. The van der Waals surface area contributed by atoms with Crippen LogP contribution in [0.2, 0.25) is 0 Å². The van der Waals surface area contributed by atoms with Gasteiger partial charge < -0.3 is 0 Å². The van der Waals surface area contributed by atoms with E-state index in [4.69, 9.17) is 0 Å². The average Bonchev–Trinajstić information content (AvgIpc) is 3.21. The van der Waals surface area contributed by atoms with E-state index >= 15 is 0 Å². The Morgan fingerprint density at radius 3 is 1.65 bits per heavy atom. The van der Waals surface area contributed by atoms with Crippen LogP contribution in [-0.2, 0) is 0 Å². The van der Waals surface area contributed by atoms with Gasteiger partial charge in [-0.05, 0) is 137 Å². The van der Waals surface area contributed by atoms with Crippen LogP contribution in [-0.4, -0.2) is 0 Å². The van der Waals surface area contributed by atoms with Crippen molar-refractivity contribution in [3.63, 3.8) is 0 Å². The van der Waals surface area contributed by atoms with Gasteiger partial charge in [-0.15, -0.1) is 0 Å². The number of rotatable bonds is 2. The van der Waals surface area contributed by atoms with Crippen LogP contribution in [0.1, 0.15) is 24.0 Å². The maximum absolute atomic E-state index is 2.50. The molecule has 0 amide bonds. The second kappa shape index (κ2) is 11.0. The number of hydrogen-bond donors (Lipinski definition) is 0. The highest BCUT2D eigenvalue weighted by molar-refractivity contribution is 8.03. The normalized spacial score (nSPS) is 14.7. The predicted octanol–water partition coefficient (Wildman–Crippen LogP) is 14.9. The van der Waals surface area contributed by atoms with Crippen molar-refractivity contribution >= 4 is 88.5 Å². The first kappa shape index (κ1) is 29.1. The van der Waals surface area contributed by atoms with Gasteiger partial charge in [0.1, 0.15) is 0 Å². The molecular weight excluding hydrogens is 665 g/mol. The SMILES string of the molecule is C1=C(c2cc3ccccc3c3ccccc23)CCC2=C1Sc1ccc3c4c(ccc2c14)-c1ccc(-c2cc4ccccc4c4ccccc24)cc1S3. The molecule has 2 heterocycles. The third-order valence-electron chi connectivity index (χ3n) is 11.6. The lowest BCUT2D eigenvalue weighted by molar-refractivity contribution is 1.07. The summed E-state index contributed by atoms with van der Waals surface area (Å²) in [5, 5.41) is 13.4. The lowest BCUT2D eigenvalue weighted by atomic mass is 9.84. The Hall–Kier alpha value is -5.54. The summed E-state index contributed by atoms with van der Waals surface area (Å²) in [6.45, 7) is 0. The maximum atomic E-state index is 2.50. The van der Waals surface area contributed by atoms with E-state index in [1.54, 1.807) is 0 Å². The van der Waals surface area contributed by atoms with Gasteiger partial charge in [0.05, 0.1) is 0 Å². The van der Waals surface area contributed by atoms with Crippen molar-refractivity contribution in [2.75, 3.05) is 0 Å². The third kappa shape index (κ3) is 4.14. The van der Waals surface area contributed by atoms with Gasteiger partial charge in [0.2, 0.25) is 0 Å². The van der Waals surface area contributed by atoms with Crippen LogP contribution >= 0.6 is 23.5 Å². The first-order chi connectivity index (χ1) is 25.8. The minimum atomic E-state index is 1.05. The molecule has 0 atom stereocenters. The summed E-state index contributed by atoms with van der Waals surface area (Å²) in [5.41, 5.74) is 11.0. The van der Waals surface area contributed by atoms with Crippen molar-refractivity contribution in [2.24, 2.45) is 0 Å². The number of allylic oxidation sites excluding steroid dienone is 3. The summed E-state index contributed by atoms with van der Waals surface area (Å²) in [6.07, 6.45) is 4.61. The molecular formula is C50H30S2. The second-order valence-electron chi connectivity index (χ2n) is 14.3. The first-order valence-corrected chi connectivity index (χ1v) is 19.8. The van der Waals surface area contributed by atoms with E-state index in [1.807, 2.05) is 23.5 Å². The monoisotopic (exact) mass is 694 g/mol. The van der Waals surface area contributed by atoms with E-state index in [0.29, 0.717) is 0 Å². The molecule has 12 rings (SSSR count). The summed E-state index contributed by atoms with van der Waals surface area (Å²) in [6, 6.07) is 56.9. The zero-order valence-corrected chi connectivity index (χ0v) is 29.9. The van der Waals surface area contributed by atoms with Gasteiger partial charge in [-0.2, -0.15) is 0 Å². The molecule has 0 aromatic heterocycles. The fraction of sp³-hybridized carbons (Fsp3) is 0.0400. The summed E-state index contributed by atoms with van der Waals surface area (Å²) in [7, 11) is 0. The minimum absolute atomic E-state index is 1.05. The van der Waals surface area contributed by atoms with Crippen LogP contribution in [0, 0.1) is 0 Å². The Bertz CT molecular complexity index is 3120. The van der Waals surface area contributed by atoms with Gasteiger partial charge in [0, 0.05) is 30.4 Å². The number of fused-ring (bicyclic) bond motifs is 9. The van der Waals surface area contributed by atoms with Gasteiger partial charge in [0.25, 0.3) is 0 Å². The zero-order valence-electron chi connectivity index (χ0n) is 28.2. The average molecular weight is 695 g/mol. The van der Waals surface area contributed by atoms with Gasteiger partial charge in [-0.25, -0.2) is 0 Å². The van der Waals surface area contributed by atoms with Crippen molar-refractivity contribution in [1.29, 1.82) is 0 Å². The van der Waals surface area contributed by atoms with Crippen molar-refractivity contribution < 1.29 is 0 Å². The molecule has 0 fully saturated rings. The van der Waals surface area contributed by atoms with E-state index in [-0.39, 0.29) is 0 Å². The van der Waals surface area contributed by atoms with Crippen LogP contribution < -0.4 is 0 Å². The Labute approximate surface area is 310 Å². The lowest BCUT2D eigenvalue weighted by Crippen LogP contribution is -2.05. The van der Waals surface area contributed by atoms with E-state index in [0.717, 1.165) is 12.8 Å². The Morgan fingerprint density at radius 1 is 0.365 bits per heavy atom. The third-order valence-corrected chi connectivity index (χ3v) is 13.8. The van der Waals surface area contributed by atoms with Crippen LogP contribution in [0.4, 0.5) is 0 Å². The minimum Gasteiger partial charge on any atom is -0.0891 e. The molecule has 242 valence electrons. The van der Waals surface area contributed by atoms with Gasteiger partial charge >= 0.3 is 0 Å². The molecule has 0 unspecified atom stereocenters. The molecule has 0 radical (unpaired) electrons. The molecule has 0 nitrogen and oxygen atoms in total. The summed E-state index contributed by atoms with van der Waals surface area (Å²) >= 11 is 3.91. The molecule has 0 saturated heterocycles. The van der Waals surface area contributed by atoms with E-state index in [9.17, 15) is 0 Å². The Balaban J connectivity index is 0.983. The van der Waals surface area contributed by atoms with Crippen molar-refractivity contribution in [1.82, 2.24) is 0 Å². The molecule has 9 aromatic carbocycles. The topological polar surface area (TPSA) is 0 Å². The largest absolute Gasteiger partial charge is 0.0891 e. The first-order valence-electron chi connectivity index (χ1n) is 18.1. The summed E-state index contributed by atoms with van der Waals surface area (Å²) < 4.78 is 0. The highest BCUT2D eigenvalue weighted by Crippen LogP contribution is 2.57. The van der Waals surface area contributed by atoms with Crippen LogP contribution in [0.3, 0.4) is 0 Å². The van der Waals surface area contributed by atoms with Crippen LogP contribution in [0.15, 0.2) is 177 Å². The van der Waals surface area contributed by atoms with Gasteiger partial charge in [-0.3, -0.25) is 0 Å². The van der Waals surface area contributed by atoms with Crippen molar-refractivity contribution in [2.45, 2.75) is 27.5 Å². The molecule has 0 bridgehead atoms. The fourth-order valence-corrected chi connectivity index (χ4v) is 11.6. The number of hydrogen-bond acceptors (Lipinski definition) is 2. The van der Waals surface area contributed by atoms with Crippen molar-refractivity contribution in [3.8, 4) is 22.3 Å². The maximum Gasteiger partial charge on any atom is 0.0208 e. The van der Waals surface area contributed by atoms with E-state index in [2.05, 4.69) is 158 Å². The highest BCUT2D eigenvalue weighted by atomic mass is 32.2. The van der Waals surface area contributed by atoms with Crippen LogP contribution in [0.5, 0.6) is 0 Å². The van der Waals surface area contributed by atoms with E-state index < -0.39 is 0 Å².